The predicted molar refractivity (Wildman–Crippen MR) is 165 cm³/mol. The van der Waals surface area contributed by atoms with Gasteiger partial charge in [0.15, 0.2) is 5.41 Å². The summed E-state index contributed by atoms with van der Waals surface area (Å²) in [5.41, 5.74) is 4.24. The van der Waals surface area contributed by atoms with E-state index in [-0.39, 0.29) is 26.1 Å². The third-order valence-electron chi connectivity index (χ3n) is 7.97. The molecule has 6 heteroatoms. The van der Waals surface area contributed by atoms with Crippen molar-refractivity contribution >= 4 is 56.7 Å². The van der Waals surface area contributed by atoms with Gasteiger partial charge in [-0.3, -0.25) is 9.59 Å². The van der Waals surface area contributed by atoms with Crippen LogP contribution in [0.1, 0.15) is 25.0 Å². The number of rotatable bonds is 6. The zero-order chi connectivity index (χ0) is 28.7. The lowest BCUT2D eigenvalue weighted by Crippen LogP contribution is -2.43. The van der Waals surface area contributed by atoms with E-state index in [0.29, 0.717) is 10.0 Å². The highest BCUT2D eigenvalue weighted by Gasteiger charge is 2.54. The van der Waals surface area contributed by atoms with Crippen molar-refractivity contribution < 1.29 is 19.1 Å². The summed E-state index contributed by atoms with van der Waals surface area (Å²) in [5.74, 6) is -1.12. The Morgan fingerprint density at radius 2 is 1.17 bits per heavy atom. The highest BCUT2D eigenvalue weighted by atomic mass is 35.5. The Morgan fingerprint density at radius 3 is 1.73 bits per heavy atom. The highest BCUT2D eigenvalue weighted by molar-refractivity contribution is 6.31. The Hall–Kier alpha value is -3.86. The molecule has 0 N–H and O–H groups in total. The molecule has 4 nitrogen and oxygen atoms in total. The molecule has 0 atom stereocenters. The zero-order valence-corrected chi connectivity index (χ0v) is 24.3. The van der Waals surface area contributed by atoms with Gasteiger partial charge in [0.05, 0.1) is 13.2 Å². The minimum atomic E-state index is -1.50. The van der Waals surface area contributed by atoms with Crippen LogP contribution in [0.4, 0.5) is 0 Å². The summed E-state index contributed by atoms with van der Waals surface area (Å²) in [6.07, 6.45) is 0.332. The zero-order valence-electron chi connectivity index (χ0n) is 22.8. The molecule has 0 bridgehead atoms. The second-order valence-electron chi connectivity index (χ2n) is 10.3. The van der Waals surface area contributed by atoms with Crippen LogP contribution in [0.25, 0.3) is 43.8 Å². The van der Waals surface area contributed by atoms with Crippen LogP contribution in [0, 0.1) is 5.41 Å². The molecule has 0 aliphatic heterocycles. The van der Waals surface area contributed by atoms with Crippen LogP contribution >= 0.6 is 23.2 Å². The number of halogens is 2. The van der Waals surface area contributed by atoms with Crippen LogP contribution in [0.15, 0.2) is 84.9 Å². The summed E-state index contributed by atoms with van der Waals surface area (Å²) in [7, 11) is 0. The number of fused-ring (bicyclic) bond motifs is 4. The molecule has 0 unspecified atom stereocenters. The number of carbonyl (C=O) groups excluding carboxylic acids is 2. The Bertz CT molecular complexity index is 1790. The van der Waals surface area contributed by atoms with Crippen LogP contribution in [-0.2, 0) is 31.9 Å². The van der Waals surface area contributed by atoms with Crippen LogP contribution in [0.2, 0.25) is 10.0 Å². The SMILES string of the molecule is CCOC(=O)C1(C(=O)OCC)Cc2c(c(-c3ccc(Cl)cc3)c3c(ccc4ccccc43)c2-c2ccc(Cl)cc2)C1. The van der Waals surface area contributed by atoms with Crippen molar-refractivity contribution in [1.82, 2.24) is 0 Å². The van der Waals surface area contributed by atoms with Crippen molar-refractivity contribution in [1.29, 1.82) is 0 Å². The van der Waals surface area contributed by atoms with Gasteiger partial charge in [-0.15, -0.1) is 0 Å². The number of hydrogen-bond donors (Lipinski definition) is 0. The Balaban J connectivity index is 1.78. The van der Waals surface area contributed by atoms with E-state index in [9.17, 15) is 9.59 Å². The third-order valence-corrected chi connectivity index (χ3v) is 8.48. The van der Waals surface area contributed by atoms with Crippen LogP contribution in [0.5, 0.6) is 0 Å². The largest absolute Gasteiger partial charge is 0.465 e. The summed E-state index contributed by atoms with van der Waals surface area (Å²) in [5, 5.41) is 5.51. The quantitative estimate of drug-likeness (QED) is 0.114. The maximum Gasteiger partial charge on any atom is 0.324 e. The standard InChI is InChI=1S/C35H28Cl2O4/c1-3-40-33(38)35(34(39)41-4-2)19-28-29(20-35)31(23-11-16-25(37)17-12-23)32-26-8-6-5-7-21(26)13-18-27(32)30(28)22-9-14-24(36)15-10-22/h5-18H,3-4,19-20H2,1-2H3. The number of ether oxygens (including phenoxy) is 2. The average molecular weight is 584 g/mol. The third kappa shape index (κ3) is 4.56. The molecule has 5 aromatic carbocycles. The highest BCUT2D eigenvalue weighted by Crippen LogP contribution is 2.52. The fourth-order valence-electron chi connectivity index (χ4n) is 6.21. The maximum atomic E-state index is 13.7. The molecule has 41 heavy (non-hydrogen) atoms. The second kappa shape index (κ2) is 10.8. The first-order valence-electron chi connectivity index (χ1n) is 13.7. The fourth-order valence-corrected chi connectivity index (χ4v) is 6.46. The van der Waals surface area contributed by atoms with E-state index in [1.165, 1.54) is 0 Å². The monoisotopic (exact) mass is 582 g/mol. The van der Waals surface area contributed by atoms with Crippen molar-refractivity contribution in [2.75, 3.05) is 13.2 Å². The number of esters is 2. The molecule has 0 heterocycles. The summed E-state index contributed by atoms with van der Waals surface area (Å²) in [6.45, 7) is 3.82. The topological polar surface area (TPSA) is 52.6 Å². The van der Waals surface area contributed by atoms with E-state index in [4.69, 9.17) is 32.7 Å². The number of carbonyl (C=O) groups is 2. The van der Waals surface area contributed by atoms with Crippen LogP contribution in [-0.4, -0.2) is 25.2 Å². The molecule has 5 aromatic rings. The van der Waals surface area contributed by atoms with Crippen molar-refractivity contribution in [3.8, 4) is 22.3 Å². The smallest absolute Gasteiger partial charge is 0.324 e. The van der Waals surface area contributed by atoms with Gasteiger partial charge in [0.1, 0.15) is 0 Å². The molecule has 0 saturated carbocycles. The van der Waals surface area contributed by atoms with Crippen molar-refractivity contribution in [3.63, 3.8) is 0 Å². The molecule has 0 saturated heterocycles. The summed E-state index contributed by atoms with van der Waals surface area (Å²) < 4.78 is 11.1. The fraction of sp³-hybridized carbons (Fsp3) is 0.200. The van der Waals surface area contributed by atoms with Gasteiger partial charge in [-0.1, -0.05) is 83.9 Å². The van der Waals surface area contributed by atoms with Crippen molar-refractivity contribution in [2.45, 2.75) is 26.7 Å². The van der Waals surface area contributed by atoms with Gasteiger partial charge in [-0.25, -0.2) is 0 Å². The van der Waals surface area contributed by atoms with Gasteiger partial charge >= 0.3 is 11.9 Å². The predicted octanol–water partition coefficient (Wildman–Crippen LogP) is 8.85. The average Bonchev–Trinajstić information content (AvgIpc) is 3.39. The first kappa shape index (κ1) is 27.3. The first-order chi connectivity index (χ1) is 19.9. The molecular formula is C35H28Cl2O4. The first-order valence-corrected chi connectivity index (χ1v) is 14.5. The summed E-state index contributed by atoms with van der Waals surface area (Å²) in [6, 6.07) is 28.0. The Morgan fingerprint density at radius 1 is 0.659 bits per heavy atom. The van der Waals surface area contributed by atoms with E-state index in [0.717, 1.165) is 54.9 Å². The van der Waals surface area contributed by atoms with Gasteiger partial charge in [-0.05, 0) is 93.0 Å². The van der Waals surface area contributed by atoms with Gasteiger partial charge in [0, 0.05) is 22.9 Å². The number of benzene rings is 5. The molecule has 0 spiro atoms. The van der Waals surface area contributed by atoms with Gasteiger partial charge in [0.25, 0.3) is 0 Å². The van der Waals surface area contributed by atoms with E-state index in [2.05, 4.69) is 24.3 Å². The second-order valence-corrected chi connectivity index (χ2v) is 11.2. The molecule has 0 aromatic heterocycles. The Labute approximate surface area is 248 Å². The van der Waals surface area contributed by atoms with Crippen molar-refractivity contribution in [2.24, 2.45) is 5.41 Å². The summed E-state index contributed by atoms with van der Waals surface area (Å²) in [4.78, 5) is 27.4. The van der Waals surface area contributed by atoms with E-state index >= 15 is 0 Å². The lowest BCUT2D eigenvalue weighted by molar-refractivity contribution is -0.171. The molecule has 0 radical (unpaired) electrons. The van der Waals surface area contributed by atoms with Crippen LogP contribution in [0.3, 0.4) is 0 Å². The van der Waals surface area contributed by atoms with Gasteiger partial charge in [-0.2, -0.15) is 0 Å². The normalized spacial score (nSPS) is 13.8. The van der Waals surface area contributed by atoms with E-state index in [1.54, 1.807) is 13.8 Å². The van der Waals surface area contributed by atoms with Crippen molar-refractivity contribution in [3.05, 3.63) is 106 Å². The summed E-state index contributed by atoms with van der Waals surface area (Å²) >= 11 is 12.6. The minimum Gasteiger partial charge on any atom is -0.465 e. The molecule has 1 aliphatic carbocycles. The molecular weight excluding hydrogens is 555 g/mol. The molecule has 206 valence electrons. The van der Waals surface area contributed by atoms with E-state index < -0.39 is 17.4 Å². The van der Waals surface area contributed by atoms with E-state index in [1.807, 2.05) is 60.7 Å². The molecule has 6 rings (SSSR count). The van der Waals surface area contributed by atoms with Gasteiger partial charge < -0.3 is 9.47 Å². The number of hydrogen-bond acceptors (Lipinski definition) is 4. The molecule has 0 fully saturated rings. The maximum absolute atomic E-state index is 13.7. The molecule has 1 aliphatic rings. The minimum absolute atomic E-state index is 0.164. The Kier molecular flexibility index (Phi) is 7.23. The lowest BCUT2D eigenvalue weighted by Gasteiger charge is -2.24. The van der Waals surface area contributed by atoms with Crippen LogP contribution < -0.4 is 0 Å². The van der Waals surface area contributed by atoms with Gasteiger partial charge in [0.2, 0.25) is 0 Å². The molecule has 0 amide bonds. The lowest BCUT2D eigenvalue weighted by atomic mass is 9.83.